The number of carboxylic acids is 1. The van der Waals surface area contributed by atoms with Crippen LogP contribution in [0.3, 0.4) is 0 Å². The molecule has 0 spiro atoms. The highest BCUT2D eigenvalue weighted by Crippen LogP contribution is 2.14. The molecule has 0 radical (unpaired) electrons. The fourth-order valence-corrected chi connectivity index (χ4v) is 1.90. The Kier molecular flexibility index (Phi) is 4.07. The molecule has 0 fully saturated rings. The molecule has 0 unspecified atom stereocenters. The van der Waals surface area contributed by atoms with Crippen LogP contribution >= 0.6 is 22.6 Å². The van der Waals surface area contributed by atoms with E-state index in [1.54, 1.807) is 12.1 Å². The van der Waals surface area contributed by atoms with Crippen molar-refractivity contribution < 1.29 is 19.4 Å². The summed E-state index contributed by atoms with van der Waals surface area (Å²) in [5, 5.41) is 8.63. The molecule has 0 atom stereocenters. The molecule has 0 saturated carbocycles. The summed E-state index contributed by atoms with van der Waals surface area (Å²) in [7, 11) is 1.29. The fourth-order valence-electron chi connectivity index (χ4n) is 1.16. The zero-order chi connectivity index (χ0) is 11.4. The molecular weight excluding hydrogens is 311 g/mol. The Morgan fingerprint density at radius 3 is 2.60 bits per heavy atom. The number of hydrogen-bond donors (Lipinski definition) is 1. The average molecular weight is 320 g/mol. The number of rotatable bonds is 3. The third-order valence-electron chi connectivity index (χ3n) is 1.73. The molecule has 0 heterocycles. The van der Waals surface area contributed by atoms with Crippen molar-refractivity contribution in [3.63, 3.8) is 0 Å². The molecule has 0 aromatic heterocycles. The van der Waals surface area contributed by atoms with Gasteiger partial charge in [-0.1, -0.05) is 0 Å². The van der Waals surface area contributed by atoms with E-state index in [9.17, 15) is 9.59 Å². The largest absolute Gasteiger partial charge is 0.481 e. The molecule has 0 amide bonds. The Labute approximate surface area is 100 Å². The van der Waals surface area contributed by atoms with Gasteiger partial charge >= 0.3 is 11.9 Å². The number of halogens is 1. The van der Waals surface area contributed by atoms with Crippen LogP contribution in [0.25, 0.3) is 0 Å². The monoisotopic (exact) mass is 320 g/mol. The molecular formula is C10H9IO4. The van der Waals surface area contributed by atoms with Crippen LogP contribution in [0, 0.1) is 3.57 Å². The molecule has 0 saturated heterocycles. The third kappa shape index (κ3) is 3.50. The van der Waals surface area contributed by atoms with Crippen molar-refractivity contribution in [3.05, 3.63) is 32.9 Å². The summed E-state index contributed by atoms with van der Waals surface area (Å²) in [6, 6.07) is 4.90. The minimum atomic E-state index is -0.923. The highest BCUT2D eigenvalue weighted by atomic mass is 127. The quantitative estimate of drug-likeness (QED) is 0.680. The summed E-state index contributed by atoms with van der Waals surface area (Å²) < 4.78 is 5.37. The molecule has 0 aliphatic carbocycles. The molecule has 15 heavy (non-hydrogen) atoms. The summed E-state index contributed by atoms with van der Waals surface area (Å²) in [6.07, 6.45) is -0.0964. The van der Waals surface area contributed by atoms with Gasteiger partial charge in [0.2, 0.25) is 0 Å². The zero-order valence-corrected chi connectivity index (χ0v) is 10.1. The smallest absolute Gasteiger partial charge is 0.337 e. The Morgan fingerprint density at radius 2 is 2.07 bits per heavy atom. The van der Waals surface area contributed by atoms with Gasteiger partial charge < -0.3 is 9.84 Å². The Bertz CT molecular complexity index is 400. The van der Waals surface area contributed by atoms with E-state index in [-0.39, 0.29) is 6.42 Å². The van der Waals surface area contributed by atoms with Crippen molar-refractivity contribution in [3.8, 4) is 0 Å². The molecule has 0 bridgehead atoms. The van der Waals surface area contributed by atoms with Crippen LogP contribution in [-0.4, -0.2) is 24.2 Å². The van der Waals surface area contributed by atoms with E-state index in [0.29, 0.717) is 11.1 Å². The van der Waals surface area contributed by atoms with Gasteiger partial charge in [-0.2, -0.15) is 0 Å². The van der Waals surface area contributed by atoms with Gasteiger partial charge in [-0.3, -0.25) is 4.79 Å². The van der Waals surface area contributed by atoms with Gasteiger partial charge in [0.05, 0.1) is 19.1 Å². The first kappa shape index (κ1) is 12.0. The molecule has 1 aromatic carbocycles. The highest BCUT2D eigenvalue weighted by molar-refractivity contribution is 14.1. The van der Waals surface area contributed by atoms with Crippen LogP contribution in [-0.2, 0) is 16.0 Å². The number of benzene rings is 1. The number of carbonyl (C=O) groups is 2. The van der Waals surface area contributed by atoms with Gasteiger partial charge in [-0.15, -0.1) is 0 Å². The van der Waals surface area contributed by atoms with Crippen LogP contribution in [0.2, 0.25) is 0 Å². The average Bonchev–Trinajstić information content (AvgIpc) is 2.14. The molecule has 4 nitrogen and oxygen atoms in total. The number of esters is 1. The summed E-state index contributed by atoms with van der Waals surface area (Å²) in [5.74, 6) is -1.38. The number of carboxylic acid groups (broad SMARTS) is 1. The molecule has 1 N–H and O–H groups in total. The maximum Gasteiger partial charge on any atom is 0.337 e. The van der Waals surface area contributed by atoms with Gasteiger partial charge in [0.1, 0.15) is 0 Å². The predicted molar refractivity (Wildman–Crippen MR) is 61.8 cm³/mol. The second-order valence-corrected chi connectivity index (χ2v) is 4.16. The lowest BCUT2D eigenvalue weighted by Gasteiger charge is -2.03. The van der Waals surface area contributed by atoms with Crippen molar-refractivity contribution in [1.82, 2.24) is 0 Å². The Hall–Kier alpha value is -1.11. The van der Waals surface area contributed by atoms with Crippen LogP contribution < -0.4 is 0 Å². The maximum atomic E-state index is 11.2. The molecule has 80 valence electrons. The van der Waals surface area contributed by atoms with Gasteiger partial charge in [0.15, 0.2) is 0 Å². The van der Waals surface area contributed by atoms with Gasteiger partial charge in [0, 0.05) is 3.57 Å². The third-order valence-corrected chi connectivity index (χ3v) is 2.36. The first-order valence-corrected chi connectivity index (χ1v) is 5.20. The van der Waals surface area contributed by atoms with Crippen LogP contribution in [0.15, 0.2) is 18.2 Å². The standard InChI is InChI=1S/C10H9IO4/c1-15-10(14)7-2-6(4-9(12)13)3-8(11)5-7/h2-3,5H,4H2,1H3,(H,12,13). The molecule has 0 aliphatic heterocycles. The number of aliphatic carboxylic acids is 1. The Balaban J connectivity index is 3.04. The van der Waals surface area contributed by atoms with Gasteiger partial charge in [-0.05, 0) is 46.4 Å². The Morgan fingerprint density at radius 1 is 1.40 bits per heavy atom. The topological polar surface area (TPSA) is 63.6 Å². The van der Waals surface area contributed by atoms with E-state index >= 15 is 0 Å². The fraction of sp³-hybridized carbons (Fsp3) is 0.200. The van der Waals surface area contributed by atoms with E-state index in [1.165, 1.54) is 13.2 Å². The lowest BCUT2D eigenvalue weighted by molar-refractivity contribution is -0.136. The maximum absolute atomic E-state index is 11.2. The lowest BCUT2D eigenvalue weighted by atomic mass is 10.1. The van der Waals surface area contributed by atoms with E-state index in [2.05, 4.69) is 4.74 Å². The number of ether oxygens (including phenoxy) is 1. The van der Waals surface area contributed by atoms with E-state index in [1.807, 2.05) is 22.6 Å². The molecule has 5 heteroatoms. The van der Waals surface area contributed by atoms with E-state index in [0.717, 1.165) is 3.57 Å². The highest BCUT2D eigenvalue weighted by Gasteiger charge is 2.09. The number of carbonyl (C=O) groups excluding carboxylic acids is 1. The van der Waals surface area contributed by atoms with Crippen molar-refractivity contribution in [2.45, 2.75) is 6.42 Å². The predicted octanol–water partition coefficient (Wildman–Crippen LogP) is 1.70. The van der Waals surface area contributed by atoms with Crippen molar-refractivity contribution in [2.75, 3.05) is 7.11 Å². The SMILES string of the molecule is COC(=O)c1cc(I)cc(CC(=O)O)c1. The second-order valence-electron chi connectivity index (χ2n) is 2.91. The van der Waals surface area contributed by atoms with Crippen LogP contribution in [0.5, 0.6) is 0 Å². The van der Waals surface area contributed by atoms with E-state index in [4.69, 9.17) is 5.11 Å². The summed E-state index contributed by atoms with van der Waals surface area (Å²) in [6.45, 7) is 0. The zero-order valence-electron chi connectivity index (χ0n) is 7.99. The second kappa shape index (κ2) is 5.11. The van der Waals surface area contributed by atoms with Crippen LogP contribution in [0.1, 0.15) is 15.9 Å². The minimum Gasteiger partial charge on any atom is -0.481 e. The molecule has 1 rings (SSSR count). The minimum absolute atomic E-state index is 0.0964. The van der Waals surface area contributed by atoms with Crippen molar-refractivity contribution in [2.24, 2.45) is 0 Å². The first-order chi connectivity index (χ1) is 7.02. The van der Waals surface area contributed by atoms with Gasteiger partial charge in [-0.25, -0.2) is 4.79 Å². The van der Waals surface area contributed by atoms with E-state index < -0.39 is 11.9 Å². The molecule has 0 aliphatic rings. The first-order valence-electron chi connectivity index (χ1n) is 4.12. The number of methoxy groups -OCH3 is 1. The summed E-state index contributed by atoms with van der Waals surface area (Å²) >= 11 is 2.03. The van der Waals surface area contributed by atoms with Crippen molar-refractivity contribution in [1.29, 1.82) is 0 Å². The summed E-state index contributed by atoms with van der Waals surface area (Å²) in [5.41, 5.74) is 0.968. The van der Waals surface area contributed by atoms with Crippen molar-refractivity contribution >= 4 is 34.5 Å². The van der Waals surface area contributed by atoms with Crippen LogP contribution in [0.4, 0.5) is 0 Å². The number of hydrogen-bond acceptors (Lipinski definition) is 3. The molecule has 1 aromatic rings. The summed E-state index contributed by atoms with van der Waals surface area (Å²) in [4.78, 5) is 21.7. The lowest BCUT2D eigenvalue weighted by Crippen LogP contribution is -2.05. The normalized spacial score (nSPS) is 9.73. The van der Waals surface area contributed by atoms with Gasteiger partial charge in [0.25, 0.3) is 0 Å².